The van der Waals surface area contributed by atoms with Gasteiger partial charge in [0.05, 0.1) is 4.88 Å². The normalized spacial score (nSPS) is 17.5. The molecule has 1 unspecified atom stereocenters. The molecule has 1 amide bonds. The average Bonchev–Trinajstić information content (AvgIpc) is 3.08. The Morgan fingerprint density at radius 3 is 2.65 bits per heavy atom. The molecule has 1 aromatic carbocycles. The molecule has 2 atom stereocenters. The number of benzene rings is 1. The number of nitrogens with two attached hydrogens (primary N) is 1. The SMILES string of the molecule is CC(C)(C)C1CCc2nc3sc(C(N)=O)c([C@H](CCO)c4ccc(Br)cc4)c3cc2C1. The third-order valence-electron chi connectivity index (χ3n) is 6.57. The summed E-state index contributed by atoms with van der Waals surface area (Å²) in [6.45, 7) is 6.95. The number of aromatic nitrogens is 1. The fourth-order valence-electron chi connectivity index (χ4n) is 4.76. The summed E-state index contributed by atoms with van der Waals surface area (Å²) in [4.78, 5) is 18.8. The van der Waals surface area contributed by atoms with Crippen LogP contribution in [-0.4, -0.2) is 22.6 Å². The Labute approximate surface area is 196 Å². The third kappa shape index (κ3) is 4.43. The number of amides is 1. The van der Waals surface area contributed by atoms with Crippen molar-refractivity contribution >= 4 is 43.4 Å². The molecule has 3 N–H and O–H groups in total. The first-order valence-corrected chi connectivity index (χ1v) is 12.4. The summed E-state index contributed by atoms with van der Waals surface area (Å²) in [5.74, 6) is 0.0662. The molecule has 0 aliphatic heterocycles. The van der Waals surface area contributed by atoms with Crippen LogP contribution in [-0.2, 0) is 12.8 Å². The standard InChI is InChI=1S/C25H29BrN2O2S/c1-25(2,3)16-6-9-20-15(12-16)13-19-21(22(23(27)30)31-24(19)28-20)18(10-11-29)14-4-7-17(26)8-5-14/h4-5,7-8,13,16,18,29H,6,9-12H2,1-3H3,(H2,27,30)/t16?,18-/m1/s1. The molecule has 0 spiro atoms. The summed E-state index contributed by atoms with van der Waals surface area (Å²) < 4.78 is 0.994. The Hall–Kier alpha value is -1.76. The maximum atomic E-state index is 12.4. The molecule has 4 nitrogen and oxygen atoms in total. The number of halogens is 1. The van der Waals surface area contributed by atoms with E-state index in [1.165, 1.54) is 16.9 Å². The lowest BCUT2D eigenvalue weighted by molar-refractivity contribution is 0.100. The number of primary amides is 1. The van der Waals surface area contributed by atoms with Crippen molar-refractivity contribution in [2.75, 3.05) is 6.61 Å². The highest BCUT2D eigenvalue weighted by Crippen LogP contribution is 2.43. The molecule has 0 saturated heterocycles. The number of pyridine rings is 1. The van der Waals surface area contributed by atoms with Crippen LogP contribution in [0.15, 0.2) is 34.8 Å². The van der Waals surface area contributed by atoms with Crippen molar-refractivity contribution in [3.05, 3.63) is 62.1 Å². The smallest absolute Gasteiger partial charge is 0.259 e. The van der Waals surface area contributed by atoms with Gasteiger partial charge in [0.25, 0.3) is 5.91 Å². The van der Waals surface area contributed by atoms with Gasteiger partial charge < -0.3 is 10.8 Å². The van der Waals surface area contributed by atoms with Crippen molar-refractivity contribution in [3.63, 3.8) is 0 Å². The zero-order valence-corrected chi connectivity index (χ0v) is 20.6. The van der Waals surface area contributed by atoms with E-state index in [-0.39, 0.29) is 17.9 Å². The zero-order chi connectivity index (χ0) is 22.3. The van der Waals surface area contributed by atoms with E-state index in [0.29, 0.717) is 17.2 Å². The van der Waals surface area contributed by atoms with Gasteiger partial charge in [-0.3, -0.25) is 4.79 Å². The van der Waals surface area contributed by atoms with Crippen LogP contribution in [0.2, 0.25) is 0 Å². The van der Waals surface area contributed by atoms with Gasteiger partial charge in [0.15, 0.2) is 0 Å². The van der Waals surface area contributed by atoms with Gasteiger partial charge >= 0.3 is 0 Å². The second kappa shape index (κ2) is 8.64. The number of aryl methyl sites for hydroxylation is 1. The minimum atomic E-state index is -0.427. The third-order valence-corrected chi connectivity index (χ3v) is 8.23. The first-order valence-electron chi connectivity index (χ1n) is 10.8. The molecule has 6 heteroatoms. The molecule has 2 aromatic heterocycles. The maximum absolute atomic E-state index is 12.4. The van der Waals surface area contributed by atoms with Crippen LogP contribution in [0.4, 0.5) is 0 Å². The van der Waals surface area contributed by atoms with Gasteiger partial charge in [-0.1, -0.05) is 48.8 Å². The number of nitrogens with zero attached hydrogens (tertiary/aromatic N) is 1. The number of hydrogen-bond donors (Lipinski definition) is 2. The van der Waals surface area contributed by atoms with E-state index in [9.17, 15) is 9.90 Å². The van der Waals surface area contributed by atoms with E-state index in [0.717, 1.165) is 50.8 Å². The Morgan fingerprint density at radius 2 is 2.03 bits per heavy atom. The summed E-state index contributed by atoms with van der Waals surface area (Å²) in [7, 11) is 0. The Kier molecular flexibility index (Phi) is 6.25. The van der Waals surface area contributed by atoms with Crippen molar-refractivity contribution in [1.29, 1.82) is 0 Å². The number of fused-ring (bicyclic) bond motifs is 2. The Balaban J connectivity index is 1.89. The first kappa shape index (κ1) is 22.4. The number of rotatable bonds is 5. The van der Waals surface area contributed by atoms with Gasteiger partial charge in [-0.05, 0) is 71.9 Å². The lowest BCUT2D eigenvalue weighted by atomic mass is 9.71. The maximum Gasteiger partial charge on any atom is 0.259 e. The monoisotopic (exact) mass is 500 g/mol. The van der Waals surface area contributed by atoms with Crippen LogP contribution >= 0.6 is 27.3 Å². The van der Waals surface area contributed by atoms with Gasteiger partial charge in [-0.2, -0.15) is 0 Å². The molecule has 0 fully saturated rings. The lowest BCUT2D eigenvalue weighted by Gasteiger charge is -2.34. The highest BCUT2D eigenvalue weighted by Gasteiger charge is 2.31. The van der Waals surface area contributed by atoms with Gasteiger partial charge in [0.1, 0.15) is 4.83 Å². The molecule has 4 rings (SSSR count). The predicted molar refractivity (Wildman–Crippen MR) is 131 cm³/mol. The van der Waals surface area contributed by atoms with E-state index in [4.69, 9.17) is 10.7 Å². The van der Waals surface area contributed by atoms with Crippen LogP contribution in [0.5, 0.6) is 0 Å². The zero-order valence-electron chi connectivity index (χ0n) is 18.2. The molecular weight excluding hydrogens is 472 g/mol. The van der Waals surface area contributed by atoms with Gasteiger partial charge in [-0.15, -0.1) is 11.3 Å². The molecule has 31 heavy (non-hydrogen) atoms. The minimum absolute atomic E-state index is 0.0285. The number of carbonyl (C=O) groups is 1. The molecule has 164 valence electrons. The molecule has 1 aliphatic carbocycles. The van der Waals surface area contributed by atoms with Crippen LogP contribution in [0, 0.1) is 11.3 Å². The fourth-order valence-corrected chi connectivity index (χ4v) is 6.12. The number of aliphatic hydroxyl groups is 1. The summed E-state index contributed by atoms with van der Waals surface area (Å²) >= 11 is 4.88. The largest absolute Gasteiger partial charge is 0.396 e. The molecule has 0 saturated carbocycles. The Bertz CT molecular complexity index is 1120. The molecule has 2 heterocycles. The van der Waals surface area contributed by atoms with Crippen LogP contribution < -0.4 is 5.73 Å². The number of thiophene rings is 1. The van der Waals surface area contributed by atoms with E-state index >= 15 is 0 Å². The van der Waals surface area contributed by atoms with E-state index < -0.39 is 5.91 Å². The molecular formula is C25H29BrN2O2S. The fraction of sp³-hybridized carbons (Fsp3) is 0.440. The van der Waals surface area contributed by atoms with Crippen LogP contribution in [0.25, 0.3) is 10.2 Å². The average molecular weight is 501 g/mol. The van der Waals surface area contributed by atoms with E-state index in [1.807, 2.05) is 24.3 Å². The van der Waals surface area contributed by atoms with Gasteiger partial charge in [-0.25, -0.2) is 4.98 Å². The summed E-state index contributed by atoms with van der Waals surface area (Å²) in [6.07, 6.45) is 3.64. The van der Waals surface area contributed by atoms with Gasteiger partial charge in [0, 0.05) is 28.1 Å². The topological polar surface area (TPSA) is 76.2 Å². The van der Waals surface area contributed by atoms with E-state index in [1.54, 1.807) is 0 Å². The van der Waals surface area contributed by atoms with Crippen molar-refractivity contribution in [3.8, 4) is 0 Å². The highest BCUT2D eigenvalue weighted by molar-refractivity contribution is 9.10. The lowest BCUT2D eigenvalue weighted by Crippen LogP contribution is -2.27. The predicted octanol–water partition coefficient (Wildman–Crippen LogP) is 5.82. The molecule has 0 bridgehead atoms. The quantitative estimate of drug-likeness (QED) is 0.462. The minimum Gasteiger partial charge on any atom is -0.396 e. The second-order valence-corrected chi connectivity index (χ2v) is 11.5. The van der Waals surface area contributed by atoms with Crippen molar-refractivity contribution in [2.24, 2.45) is 17.1 Å². The number of carbonyl (C=O) groups excluding carboxylic acids is 1. The highest BCUT2D eigenvalue weighted by atomic mass is 79.9. The van der Waals surface area contributed by atoms with Crippen LogP contribution in [0.1, 0.15) is 71.6 Å². The Morgan fingerprint density at radius 1 is 1.32 bits per heavy atom. The molecule has 3 aromatic rings. The van der Waals surface area contributed by atoms with Crippen molar-refractivity contribution < 1.29 is 9.90 Å². The van der Waals surface area contributed by atoms with Crippen molar-refractivity contribution in [2.45, 2.75) is 52.4 Å². The number of aliphatic hydroxyl groups excluding tert-OH is 1. The van der Waals surface area contributed by atoms with Gasteiger partial charge in [0.2, 0.25) is 0 Å². The summed E-state index contributed by atoms with van der Waals surface area (Å²) in [5, 5.41) is 10.8. The summed E-state index contributed by atoms with van der Waals surface area (Å²) in [5.41, 5.74) is 10.5. The van der Waals surface area contributed by atoms with Crippen molar-refractivity contribution in [1.82, 2.24) is 4.98 Å². The molecule has 0 radical (unpaired) electrons. The number of hydrogen-bond acceptors (Lipinski definition) is 4. The van der Waals surface area contributed by atoms with Crippen LogP contribution in [0.3, 0.4) is 0 Å². The van der Waals surface area contributed by atoms with E-state index in [2.05, 4.69) is 42.8 Å². The first-order chi connectivity index (χ1) is 14.7. The molecule has 1 aliphatic rings. The summed E-state index contributed by atoms with van der Waals surface area (Å²) in [6, 6.07) is 10.3. The second-order valence-electron chi connectivity index (χ2n) is 9.58.